The Hall–Kier alpha value is -1.59. The summed E-state index contributed by atoms with van der Waals surface area (Å²) in [5, 5.41) is 4.64. The van der Waals surface area contributed by atoms with Crippen LogP contribution < -0.4 is 14.8 Å². The third kappa shape index (κ3) is 3.54. The van der Waals surface area contributed by atoms with Crippen LogP contribution in [0.5, 0.6) is 11.5 Å². The average Bonchev–Trinajstić information content (AvgIpc) is 2.82. The molecule has 0 radical (unpaired) electrons. The first-order chi connectivity index (χ1) is 10.1. The second-order valence-corrected chi connectivity index (χ2v) is 6.17. The first-order valence-corrected chi connectivity index (χ1v) is 7.75. The van der Waals surface area contributed by atoms with Gasteiger partial charge in [-0.25, -0.2) is 4.98 Å². The van der Waals surface area contributed by atoms with Crippen molar-refractivity contribution >= 4 is 11.3 Å². The van der Waals surface area contributed by atoms with E-state index in [4.69, 9.17) is 9.47 Å². The van der Waals surface area contributed by atoms with Crippen molar-refractivity contribution in [2.75, 3.05) is 14.2 Å². The minimum atomic E-state index is 0.257. The summed E-state index contributed by atoms with van der Waals surface area (Å²) < 4.78 is 10.8. The van der Waals surface area contributed by atoms with Crippen molar-refractivity contribution in [2.45, 2.75) is 33.4 Å². The van der Waals surface area contributed by atoms with E-state index in [1.807, 2.05) is 25.1 Å². The molecule has 0 aliphatic carbocycles. The molecule has 2 rings (SSSR count). The van der Waals surface area contributed by atoms with E-state index >= 15 is 0 Å². The molecule has 0 saturated heterocycles. The maximum absolute atomic E-state index is 5.46. The zero-order chi connectivity index (χ0) is 15.4. The molecule has 2 aromatic rings. The molecule has 0 aliphatic heterocycles. The number of rotatable bonds is 6. The van der Waals surface area contributed by atoms with Crippen LogP contribution in [0.15, 0.2) is 18.2 Å². The van der Waals surface area contributed by atoms with Gasteiger partial charge in [0.2, 0.25) is 0 Å². The molecule has 5 heteroatoms. The Morgan fingerprint density at radius 3 is 2.57 bits per heavy atom. The largest absolute Gasteiger partial charge is 0.493 e. The highest BCUT2D eigenvalue weighted by molar-refractivity contribution is 7.11. The van der Waals surface area contributed by atoms with Gasteiger partial charge >= 0.3 is 0 Å². The van der Waals surface area contributed by atoms with E-state index in [9.17, 15) is 0 Å². The van der Waals surface area contributed by atoms with Gasteiger partial charge in [-0.3, -0.25) is 0 Å². The van der Waals surface area contributed by atoms with Gasteiger partial charge in [-0.2, -0.15) is 0 Å². The lowest BCUT2D eigenvalue weighted by atomic mass is 10.1. The van der Waals surface area contributed by atoms with Gasteiger partial charge in [-0.05, 0) is 26.8 Å². The molecule has 0 aliphatic rings. The van der Waals surface area contributed by atoms with E-state index in [0.717, 1.165) is 34.3 Å². The molecule has 114 valence electrons. The van der Waals surface area contributed by atoms with Gasteiger partial charge in [0.05, 0.1) is 24.9 Å². The number of benzene rings is 1. The van der Waals surface area contributed by atoms with Crippen LogP contribution in [0.1, 0.15) is 34.1 Å². The van der Waals surface area contributed by atoms with Crippen LogP contribution in [0.25, 0.3) is 0 Å². The molecule has 0 spiro atoms. The van der Waals surface area contributed by atoms with Crippen molar-refractivity contribution in [2.24, 2.45) is 0 Å². The zero-order valence-electron chi connectivity index (χ0n) is 13.2. The average molecular weight is 306 g/mol. The van der Waals surface area contributed by atoms with E-state index in [0.29, 0.717) is 0 Å². The molecular weight excluding hydrogens is 284 g/mol. The fraction of sp³-hybridized carbons (Fsp3) is 0.438. The maximum atomic E-state index is 5.46. The summed E-state index contributed by atoms with van der Waals surface area (Å²) in [4.78, 5) is 5.77. The third-order valence-electron chi connectivity index (χ3n) is 3.42. The third-order valence-corrected chi connectivity index (χ3v) is 4.67. The van der Waals surface area contributed by atoms with Gasteiger partial charge in [0.25, 0.3) is 0 Å². The lowest BCUT2D eigenvalue weighted by molar-refractivity contribution is 0.350. The highest BCUT2D eigenvalue weighted by Crippen LogP contribution is 2.31. The van der Waals surface area contributed by atoms with Crippen LogP contribution in [-0.2, 0) is 6.54 Å². The molecular formula is C16H22N2O2S. The summed E-state index contributed by atoms with van der Waals surface area (Å²) in [6.45, 7) is 6.98. The topological polar surface area (TPSA) is 43.4 Å². The van der Waals surface area contributed by atoms with E-state index in [-0.39, 0.29) is 6.04 Å². The number of aromatic nitrogens is 1. The van der Waals surface area contributed by atoms with Gasteiger partial charge in [-0.1, -0.05) is 12.1 Å². The van der Waals surface area contributed by atoms with Crippen LogP contribution in [0.3, 0.4) is 0 Å². The standard InChI is InChI=1S/C16H22N2O2S/c1-10(16-11(2)18-12(3)21-16)17-9-13-7-6-8-14(19-4)15(13)20-5/h6-8,10,17H,9H2,1-5H3. The van der Waals surface area contributed by atoms with Crippen LogP contribution in [-0.4, -0.2) is 19.2 Å². The highest BCUT2D eigenvalue weighted by Gasteiger charge is 2.14. The number of ether oxygens (including phenoxy) is 2. The fourth-order valence-electron chi connectivity index (χ4n) is 2.40. The molecule has 1 aromatic heterocycles. The maximum Gasteiger partial charge on any atom is 0.165 e. The van der Waals surface area contributed by atoms with Crippen LogP contribution in [0.2, 0.25) is 0 Å². The molecule has 0 fully saturated rings. The molecule has 4 nitrogen and oxygen atoms in total. The van der Waals surface area contributed by atoms with Crippen LogP contribution in [0, 0.1) is 13.8 Å². The Kier molecular flexibility index (Phi) is 5.20. The van der Waals surface area contributed by atoms with Gasteiger partial charge in [0, 0.05) is 23.0 Å². The summed E-state index contributed by atoms with van der Waals surface area (Å²) in [7, 11) is 3.32. The van der Waals surface area contributed by atoms with Gasteiger partial charge in [0.1, 0.15) is 0 Å². The van der Waals surface area contributed by atoms with E-state index in [1.54, 1.807) is 25.6 Å². The number of nitrogens with zero attached hydrogens (tertiary/aromatic N) is 1. The second-order valence-electron chi connectivity index (χ2n) is 4.94. The molecule has 1 atom stereocenters. The number of thiazole rings is 1. The van der Waals surface area contributed by atoms with E-state index in [2.05, 4.69) is 24.1 Å². The van der Waals surface area contributed by atoms with Crippen molar-refractivity contribution < 1.29 is 9.47 Å². The van der Waals surface area contributed by atoms with Crippen LogP contribution >= 0.6 is 11.3 Å². The number of hydrogen-bond donors (Lipinski definition) is 1. The number of methoxy groups -OCH3 is 2. The van der Waals surface area contributed by atoms with E-state index in [1.165, 1.54) is 4.88 Å². The Morgan fingerprint density at radius 1 is 1.24 bits per heavy atom. The quantitative estimate of drug-likeness (QED) is 0.885. The Bertz CT molecular complexity index is 610. The molecule has 1 unspecified atom stereocenters. The van der Waals surface area contributed by atoms with Crippen molar-refractivity contribution in [1.29, 1.82) is 0 Å². The summed E-state index contributed by atoms with van der Waals surface area (Å²) in [6, 6.07) is 6.19. The first-order valence-electron chi connectivity index (χ1n) is 6.94. The van der Waals surface area contributed by atoms with Crippen molar-refractivity contribution in [3.05, 3.63) is 39.3 Å². The lowest BCUT2D eigenvalue weighted by Gasteiger charge is -2.16. The molecule has 0 saturated carbocycles. The second kappa shape index (κ2) is 6.91. The Balaban J connectivity index is 2.11. The predicted octanol–water partition coefficient (Wildman–Crippen LogP) is 3.63. The lowest BCUT2D eigenvalue weighted by Crippen LogP contribution is -2.18. The Labute approximate surface area is 130 Å². The van der Waals surface area contributed by atoms with Crippen LogP contribution in [0.4, 0.5) is 0 Å². The van der Waals surface area contributed by atoms with Crippen molar-refractivity contribution in [1.82, 2.24) is 10.3 Å². The minimum absolute atomic E-state index is 0.257. The molecule has 1 N–H and O–H groups in total. The number of para-hydroxylation sites is 1. The monoisotopic (exact) mass is 306 g/mol. The predicted molar refractivity (Wildman–Crippen MR) is 86.4 cm³/mol. The highest BCUT2D eigenvalue weighted by atomic mass is 32.1. The number of aryl methyl sites for hydroxylation is 2. The SMILES string of the molecule is COc1cccc(CNC(C)c2sc(C)nc2C)c1OC. The van der Waals surface area contributed by atoms with Gasteiger partial charge < -0.3 is 14.8 Å². The van der Waals surface area contributed by atoms with Gasteiger partial charge in [-0.15, -0.1) is 11.3 Å². The molecule has 1 aromatic carbocycles. The first kappa shape index (κ1) is 15.8. The summed E-state index contributed by atoms with van der Waals surface area (Å²) in [5.74, 6) is 1.55. The summed E-state index contributed by atoms with van der Waals surface area (Å²) in [5.41, 5.74) is 2.19. The van der Waals surface area contributed by atoms with Crippen molar-refractivity contribution in [3.63, 3.8) is 0 Å². The van der Waals surface area contributed by atoms with E-state index < -0.39 is 0 Å². The minimum Gasteiger partial charge on any atom is -0.493 e. The van der Waals surface area contributed by atoms with Gasteiger partial charge in [0.15, 0.2) is 11.5 Å². The molecule has 0 amide bonds. The Morgan fingerprint density at radius 2 is 2.00 bits per heavy atom. The zero-order valence-corrected chi connectivity index (χ0v) is 14.0. The number of hydrogen-bond acceptors (Lipinski definition) is 5. The number of nitrogens with one attached hydrogen (secondary N) is 1. The molecule has 21 heavy (non-hydrogen) atoms. The smallest absolute Gasteiger partial charge is 0.165 e. The molecule has 1 heterocycles. The fourth-order valence-corrected chi connectivity index (χ4v) is 3.35. The summed E-state index contributed by atoms with van der Waals surface area (Å²) in [6.07, 6.45) is 0. The van der Waals surface area contributed by atoms with Crippen molar-refractivity contribution in [3.8, 4) is 11.5 Å². The summed E-state index contributed by atoms with van der Waals surface area (Å²) >= 11 is 1.75. The molecule has 0 bridgehead atoms. The normalized spacial score (nSPS) is 12.2.